The number of rotatable bonds is 7. The van der Waals surface area contributed by atoms with E-state index in [1.54, 1.807) is 0 Å². The number of aliphatic hydroxyl groups excluding tert-OH is 2. The zero-order valence-electron chi connectivity index (χ0n) is 12.5. The van der Waals surface area contributed by atoms with Gasteiger partial charge in [0.15, 0.2) is 0 Å². The molecule has 7 nitrogen and oxygen atoms in total. The summed E-state index contributed by atoms with van der Waals surface area (Å²) in [4.78, 5) is 22.7. The zero-order valence-corrected chi connectivity index (χ0v) is 12.5. The first kappa shape index (κ1) is 17.9. The Hall–Kier alpha value is -1.18. The molecule has 0 radical (unpaired) electrons. The molecule has 0 amide bonds. The molecule has 1 heterocycles. The third-order valence-electron chi connectivity index (χ3n) is 3.12. The Morgan fingerprint density at radius 3 is 2.38 bits per heavy atom. The van der Waals surface area contributed by atoms with Crippen molar-refractivity contribution >= 4 is 11.9 Å². The summed E-state index contributed by atoms with van der Waals surface area (Å²) >= 11 is 0. The van der Waals surface area contributed by atoms with Gasteiger partial charge in [-0.3, -0.25) is 9.59 Å². The lowest BCUT2D eigenvalue weighted by molar-refractivity contribution is -0.253. The molecule has 0 aromatic carbocycles. The second kappa shape index (κ2) is 8.96. The van der Waals surface area contributed by atoms with E-state index in [1.165, 1.54) is 0 Å². The van der Waals surface area contributed by atoms with Crippen LogP contribution >= 0.6 is 0 Å². The van der Waals surface area contributed by atoms with Crippen LogP contribution in [0.2, 0.25) is 0 Å². The van der Waals surface area contributed by atoms with Gasteiger partial charge in [0.2, 0.25) is 6.29 Å². The summed E-state index contributed by atoms with van der Waals surface area (Å²) in [5, 5.41) is 19.6. The molecular weight excluding hydrogens is 280 g/mol. The predicted molar refractivity (Wildman–Crippen MR) is 72.2 cm³/mol. The molecule has 1 aliphatic heterocycles. The molecule has 4 atom stereocenters. The maximum Gasteiger partial charge on any atom is 0.308 e. The molecular formula is C14H24O7. The maximum atomic E-state index is 11.4. The van der Waals surface area contributed by atoms with E-state index >= 15 is 0 Å². The van der Waals surface area contributed by atoms with Crippen molar-refractivity contribution in [3.8, 4) is 0 Å². The Kier molecular flexibility index (Phi) is 7.63. The molecule has 0 aromatic heterocycles. The minimum Gasteiger partial charge on any atom is -0.463 e. The molecule has 0 bridgehead atoms. The highest BCUT2D eigenvalue weighted by molar-refractivity contribution is 5.69. The monoisotopic (exact) mass is 304 g/mol. The molecule has 0 spiro atoms. The summed E-state index contributed by atoms with van der Waals surface area (Å²) in [7, 11) is 0. The van der Waals surface area contributed by atoms with Crippen molar-refractivity contribution in [1.29, 1.82) is 0 Å². The van der Waals surface area contributed by atoms with Gasteiger partial charge in [-0.15, -0.1) is 0 Å². The number of carbonyl (C=O) groups is 2. The molecule has 7 heteroatoms. The van der Waals surface area contributed by atoms with Gasteiger partial charge in [-0.2, -0.15) is 0 Å². The van der Waals surface area contributed by atoms with Crippen molar-refractivity contribution in [1.82, 2.24) is 0 Å². The van der Waals surface area contributed by atoms with E-state index in [9.17, 15) is 19.8 Å². The molecule has 0 saturated carbocycles. The van der Waals surface area contributed by atoms with Crippen LogP contribution < -0.4 is 0 Å². The van der Waals surface area contributed by atoms with Gasteiger partial charge >= 0.3 is 11.9 Å². The van der Waals surface area contributed by atoms with Crippen molar-refractivity contribution in [2.24, 2.45) is 0 Å². The lowest BCUT2D eigenvalue weighted by Gasteiger charge is -2.36. The fourth-order valence-electron chi connectivity index (χ4n) is 1.99. The standard InChI is InChI=1S/C14H24O7/c1-3-5-11(16)19-8-10-14(18)9(15)7-13(20-10)21-12(17)6-4-2/h9-10,13-15,18H,3-8H2,1-2H3. The summed E-state index contributed by atoms with van der Waals surface area (Å²) in [6.07, 6.45) is -2.27. The Morgan fingerprint density at radius 2 is 1.76 bits per heavy atom. The van der Waals surface area contributed by atoms with Crippen LogP contribution in [0.15, 0.2) is 0 Å². The van der Waals surface area contributed by atoms with Crippen molar-refractivity contribution in [3.05, 3.63) is 0 Å². The van der Waals surface area contributed by atoms with Gasteiger partial charge < -0.3 is 24.4 Å². The second-order valence-electron chi connectivity index (χ2n) is 5.07. The quantitative estimate of drug-likeness (QED) is 0.661. The van der Waals surface area contributed by atoms with Crippen molar-refractivity contribution < 1.29 is 34.0 Å². The number of hydrogen-bond acceptors (Lipinski definition) is 7. The predicted octanol–water partition coefficient (Wildman–Crippen LogP) is 0.510. The summed E-state index contributed by atoms with van der Waals surface area (Å²) < 4.78 is 15.4. The average molecular weight is 304 g/mol. The first-order valence-electron chi connectivity index (χ1n) is 7.34. The van der Waals surface area contributed by atoms with E-state index in [-0.39, 0.29) is 25.9 Å². The number of ether oxygens (including phenoxy) is 3. The van der Waals surface area contributed by atoms with Gasteiger partial charge in [0.05, 0.1) is 6.10 Å². The highest BCUT2D eigenvalue weighted by atomic mass is 16.7. The SMILES string of the molecule is CCCC(=O)OCC1OC(OC(=O)CCC)CC(O)C1O. The summed E-state index contributed by atoms with van der Waals surface area (Å²) in [6, 6.07) is 0. The molecule has 4 unspecified atom stereocenters. The smallest absolute Gasteiger partial charge is 0.308 e. The van der Waals surface area contributed by atoms with Crippen LogP contribution in [-0.2, 0) is 23.8 Å². The van der Waals surface area contributed by atoms with Crippen molar-refractivity contribution in [2.45, 2.75) is 70.6 Å². The van der Waals surface area contributed by atoms with Gasteiger partial charge in [0, 0.05) is 19.3 Å². The fraction of sp³-hybridized carbons (Fsp3) is 0.857. The summed E-state index contributed by atoms with van der Waals surface area (Å²) in [6.45, 7) is 3.51. The molecule has 0 aliphatic carbocycles. The van der Waals surface area contributed by atoms with Crippen LogP contribution in [0.1, 0.15) is 46.0 Å². The van der Waals surface area contributed by atoms with E-state index in [0.717, 1.165) is 0 Å². The molecule has 21 heavy (non-hydrogen) atoms. The Balaban J connectivity index is 2.49. The Labute approximate surface area is 124 Å². The number of carbonyl (C=O) groups excluding carboxylic acids is 2. The van der Waals surface area contributed by atoms with Crippen LogP contribution in [0.3, 0.4) is 0 Å². The first-order chi connectivity index (χ1) is 9.97. The van der Waals surface area contributed by atoms with Crippen molar-refractivity contribution in [2.75, 3.05) is 6.61 Å². The van der Waals surface area contributed by atoms with Crippen molar-refractivity contribution in [3.63, 3.8) is 0 Å². The van der Waals surface area contributed by atoms with Gasteiger partial charge in [-0.25, -0.2) is 0 Å². The van der Waals surface area contributed by atoms with E-state index < -0.39 is 36.5 Å². The van der Waals surface area contributed by atoms with Gasteiger partial charge in [-0.1, -0.05) is 13.8 Å². The molecule has 1 saturated heterocycles. The van der Waals surface area contributed by atoms with E-state index in [2.05, 4.69) is 0 Å². The minimum atomic E-state index is -1.18. The van der Waals surface area contributed by atoms with Crippen LogP contribution in [0.4, 0.5) is 0 Å². The normalized spacial score (nSPS) is 29.0. The largest absolute Gasteiger partial charge is 0.463 e. The summed E-state index contributed by atoms with van der Waals surface area (Å²) in [5.74, 6) is -0.819. The van der Waals surface area contributed by atoms with Crippen LogP contribution in [-0.4, -0.2) is 53.4 Å². The lowest BCUT2D eigenvalue weighted by Crippen LogP contribution is -2.51. The maximum absolute atomic E-state index is 11.4. The Bertz CT molecular complexity index is 344. The topological polar surface area (TPSA) is 102 Å². The molecule has 0 aromatic rings. The molecule has 1 rings (SSSR count). The zero-order chi connectivity index (χ0) is 15.8. The number of hydrogen-bond donors (Lipinski definition) is 2. The minimum absolute atomic E-state index is 0.00394. The average Bonchev–Trinajstić information content (AvgIpc) is 2.41. The van der Waals surface area contributed by atoms with Crippen LogP contribution in [0.25, 0.3) is 0 Å². The third kappa shape index (κ3) is 5.99. The van der Waals surface area contributed by atoms with Gasteiger partial charge in [-0.05, 0) is 12.8 Å². The van der Waals surface area contributed by atoms with Gasteiger partial charge in [0.25, 0.3) is 0 Å². The molecule has 2 N–H and O–H groups in total. The van der Waals surface area contributed by atoms with E-state index in [4.69, 9.17) is 14.2 Å². The lowest BCUT2D eigenvalue weighted by atomic mass is 10.0. The third-order valence-corrected chi connectivity index (χ3v) is 3.12. The van der Waals surface area contributed by atoms with Gasteiger partial charge in [0.1, 0.15) is 18.8 Å². The highest BCUT2D eigenvalue weighted by Gasteiger charge is 2.39. The highest BCUT2D eigenvalue weighted by Crippen LogP contribution is 2.22. The Morgan fingerprint density at radius 1 is 1.14 bits per heavy atom. The molecule has 1 fully saturated rings. The van der Waals surface area contributed by atoms with Crippen LogP contribution in [0, 0.1) is 0 Å². The van der Waals surface area contributed by atoms with Crippen LogP contribution in [0.5, 0.6) is 0 Å². The van der Waals surface area contributed by atoms with E-state index in [0.29, 0.717) is 12.8 Å². The second-order valence-corrected chi connectivity index (χ2v) is 5.07. The number of aliphatic hydroxyl groups is 2. The number of esters is 2. The molecule has 1 aliphatic rings. The fourth-order valence-corrected chi connectivity index (χ4v) is 1.99. The first-order valence-corrected chi connectivity index (χ1v) is 7.34. The van der Waals surface area contributed by atoms with E-state index in [1.807, 2.05) is 13.8 Å². The molecule has 122 valence electrons. The summed E-state index contributed by atoms with van der Waals surface area (Å²) in [5.41, 5.74) is 0.